The monoisotopic (exact) mass is 158 g/mol. The molecule has 0 aromatic heterocycles. The van der Waals surface area contributed by atoms with Gasteiger partial charge in [-0.1, -0.05) is 0 Å². The lowest BCUT2D eigenvalue weighted by molar-refractivity contribution is 0.0512. The number of hydrogen-bond acceptors (Lipinski definition) is 3. The van der Waals surface area contributed by atoms with E-state index in [1.165, 1.54) is 0 Å². The number of rotatable bonds is 1. The van der Waals surface area contributed by atoms with Crippen LogP contribution >= 0.6 is 0 Å². The average Bonchev–Trinajstić information content (AvgIpc) is 2.62. The summed E-state index contributed by atoms with van der Waals surface area (Å²) in [6.07, 6.45) is 2.14. The molecule has 0 aromatic carbocycles. The molecule has 0 aromatic rings. The van der Waals surface area contributed by atoms with Crippen molar-refractivity contribution in [2.24, 2.45) is 5.41 Å². The van der Waals surface area contributed by atoms with Gasteiger partial charge in [-0.2, -0.15) is 0 Å². The van der Waals surface area contributed by atoms with Crippen LogP contribution in [0.15, 0.2) is 0 Å². The molecule has 2 aliphatic heterocycles. The molecular weight excluding hydrogens is 144 g/mol. The van der Waals surface area contributed by atoms with Crippen molar-refractivity contribution >= 4 is 0 Å². The Morgan fingerprint density at radius 3 is 2.91 bits per heavy atom. The van der Waals surface area contributed by atoms with E-state index in [1.54, 1.807) is 0 Å². The molecule has 2 fully saturated rings. The highest BCUT2D eigenvalue weighted by atomic mass is 16.5. The fourth-order valence-electron chi connectivity index (χ4n) is 1.94. The van der Waals surface area contributed by atoms with Gasteiger partial charge >= 0.3 is 0 Å². The lowest BCUT2D eigenvalue weighted by atomic mass is 9.85. The molecule has 1 N–H and O–H groups in total. The minimum absolute atomic E-state index is 0.0664. The van der Waals surface area contributed by atoms with Gasteiger partial charge in [-0.25, -0.2) is 0 Å². The van der Waals surface area contributed by atoms with Crippen LogP contribution in [0.3, 0.4) is 0 Å². The molecule has 1 spiro atoms. The highest BCUT2D eigenvalue weighted by Gasteiger charge is 2.42. The van der Waals surface area contributed by atoms with Gasteiger partial charge in [0.25, 0.3) is 0 Å². The lowest BCUT2D eigenvalue weighted by Crippen LogP contribution is -2.21. The van der Waals surface area contributed by atoms with Crippen molar-refractivity contribution in [3.8, 4) is 0 Å². The minimum atomic E-state index is 0.0664. The van der Waals surface area contributed by atoms with Crippen molar-refractivity contribution in [2.45, 2.75) is 18.9 Å². The Labute approximate surface area is 66.3 Å². The second-order valence-corrected chi connectivity index (χ2v) is 3.62. The predicted molar refractivity (Wildman–Crippen MR) is 39.3 cm³/mol. The van der Waals surface area contributed by atoms with E-state index >= 15 is 0 Å². The summed E-state index contributed by atoms with van der Waals surface area (Å²) in [5.74, 6) is 0. The standard InChI is InChI=1S/C8H14O3/c9-4-7-3-8(6-11-7)1-2-10-5-8/h7,9H,1-6H2/t7-,8-/m1/s1. The quantitative estimate of drug-likeness (QED) is 0.591. The molecule has 2 aliphatic rings. The molecule has 2 heterocycles. The van der Waals surface area contributed by atoms with Crippen molar-refractivity contribution in [1.29, 1.82) is 0 Å². The zero-order valence-electron chi connectivity index (χ0n) is 6.58. The van der Waals surface area contributed by atoms with Gasteiger partial charge in [-0.3, -0.25) is 0 Å². The first-order chi connectivity index (χ1) is 5.35. The molecule has 0 saturated carbocycles. The van der Waals surface area contributed by atoms with E-state index in [0.29, 0.717) is 0 Å². The largest absolute Gasteiger partial charge is 0.394 e. The van der Waals surface area contributed by atoms with Crippen LogP contribution in [0.2, 0.25) is 0 Å². The summed E-state index contributed by atoms with van der Waals surface area (Å²) >= 11 is 0. The first-order valence-electron chi connectivity index (χ1n) is 4.15. The van der Waals surface area contributed by atoms with E-state index in [9.17, 15) is 0 Å². The molecule has 64 valence electrons. The van der Waals surface area contributed by atoms with Crippen molar-refractivity contribution in [3.63, 3.8) is 0 Å². The van der Waals surface area contributed by atoms with E-state index in [-0.39, 0.29) is 18.1 Å². The maximum absolute atomic E-state index is 8.84. The predicted octanol–water partition coefficient (Wildman–Crippen LogP) is 0.174. The molecule has 0 unspecified atom stereocenters. The Kier molecular flexibility index (Phi) is 1.87. The molecule has 2 saturated heterocycles. The first-order valence-corrected chi connectivity index (χ1v) is 4.15. The Morgan fingerprint density at radius 2 is 2.36 bits per heavy atom. The molecule has 3 heteroatoms. The highest BCUT2D eigenvalue weighted by molar-refractivity contribution is 4.90. The highest BCUT2D eigenvalue weighted by Crippen LogP contribution is 2.39. The van der Waals surface area contributed by atoms with E-state index in [0.717, 1.165) is 32.7 Å². The fraction of sp³-hybridized carbons (Fsp3) is 1.00. The molecule has 0 bridgehead atoms. The molecule has 0 aliphatic carbocycles. The smallest absolute Gasteiger partial charge is 0.0813 e. The number of hydrogen-bond donors (Lipinski definition) is 1. The van der Waals surface area contributed by atoms with Crippen molar-refractivity contribution in [2.75, 3.05) is 26.4 Å². The van der Waals surface area contributed by atoms with Crippen LogP contribution < -0.4 is 0 Å². The molecule has 0 amide bonds. The van der Waals surface area contributed by atoms with Gasteiger partial charge in [0.15, 0.2) is 0 Å². The van der Waals surface area contributed by atoms with Gasteiger partial charge in [0.1, 0.15) is 0 Å². The maximum atomic E-state index is 8.84. The summed E-state index contributed by atoms with van der Waals surface area (Å²) in [5.41, 5.74) is 0.257. The summed E-state index contributed by atoms with van der Waals surface area (Å²) in [6.45, 7) is 2.62. The summed E-state index contributed by atoms with van der Waals surface area (Å²) in [7, 11) is 0. The van der Waals surface area contributed by atoms with Crippen LogP contribution in [0.1, 0.15) is 12.8 Å². The topological polar surface area (TPSA) is 38.7 Å². The summed E-state index contributed by atoms with van der Waals surface area (Å²) in [5, 5.41) is 8.84. The van der Waals surface area contributed by atoms with Crippen LogP contribution in [-0.2, 0) is 9.47 Å². The van der Waals surface area contributed by atoms with Crippen LogP contribution in [0.5, 0.6) is 0 Å². The number of aliphatic hydroxyl groups excluding tert-OH is 1. The average molecular weight is 158 g/mol. The third-order valence-corrected chi connectivity index (χ3v) is 2.67. The minimum Gasteiger partial charge on any atom is -0.394 e. The van der Waals surface area contributed by atoms with Crippen LogP contribution in [0, 0.1) is 5.41 Å². The third kappa shape index (κ3) is 1.28. The summed E-state index contributed by atoms with van der Waals surface area (Å²) < 4.78 is 10.7. The summed E-state index contributed by atoms with van der Waals surface area (Å²) in [6, 6.07) is 0. The molecule has 2 rings (SSSR count). The van der Waals surface area contributed by atoms with Gasteiger partial charge in [0.2, 0.25) is 0 Å². The van der Waals surface area contributed by atoms with Crippen molar-refractivity contribution in [3.05, 3.63) is 0 Å². The van der Waals surface area contributed by atoms with E-state index in [4.69, 9.17) is 14.6 Å². The Balaban J connectivity index is 1.96. The van der Waals surface area contributed by atoms with Gasteiger partial charge < -0.3 is 14.6 Å². The van der Waals surface area contributed by atoms with Crippen molar-refractivity contribution in [1.82, 2.24) is 0 Å². The summed E-state index contributed by atoms with van der Waals surface area (Å²) in [4.78, 5) is 0. The van der Waals surface area contributed by atoms with E-state index < -0.39 is 0 Å². The molecule has 11 heavy (non-hydrogen) atoms. The molecule has 0 radical (unpaired) electrons. The number of ether oxygens (including phenoxy) is 2. The van der Waals surface area contributed by atoms with Crippen LogP contribution in [0.25, 0.3) is 0 Å². The third-order valence-electron chi connectivity index (χ3n) is 2.67. The number of aliphatic hydroxyl groups is 1. The molecular formula is C8H14O3. The second-order valence-electron chi connectivity index (χ2n) is 3.62. The lowest BCUT2D eigenvalue weighted by Gasteiger charge is -2.17. The molecule has 3 nitrogen and oxygen atoms in total. The van der Waals surface area contributed by atoms with Gasteiger partial charge in [0.05, 0.1) is 25.9 Å². The Morgan fingerprint density at radius 1 is 1.45 bits per heavy atom. The van der Waals surface area contributed by atoms with Gasteiger partial charge in [-0.15, -0.1) is 0 Å². The maximum Gasteiger partial charge on any atom is 0.0813 e. The fourth-order valence-corrected chi connectivity index (χ4v) is 1.94. The molecule has 2 atom stereocenters. The second kappa shape index (κ2) is 2.73. The van der Waals surface area contributed by atoms with Crippen molar-refractivity contribution < 1.29 is 14.6 Å². The normalized spacial score (nSPS) is 43.9. The Hall–Kier alpha value is -0.120. The van der Waals surface area contributed by atoms with Crippen LogP contribution in [-0.4, -0.2) is 37.6 Å². The zero-order valence-corrected chi connectivity index (χ0v) is 6.58. The zero-order chi connectivity index (χ0) is 7.73. The van der Waals surface area contributed by atoms with Gasteiger partial charge in [0, 0.05) is 12.0 Å². The van der Waals surface area contributed by atoms with E-state index in [2.05, 4.69) is 0 Å². The first kappa shape index (κ1) is 7.53. The van der Waals surface area contributed by atoms with E-state index in [1.807, 2.05) is 0 Å². The SMILES string of the molecule is OC[C@H]1C[C@@]2(CCOC2)CO1. The van der Waals surface area contributed by atoms with Gasteiger partial charge in [-0.05, 0) is 12.8 Å². The Bertz CT molecular complexity index is 140. The van der Waals surface area contributed by atoms with Crippen LogP contribution in [0.4, 0.5) is 0 Å².